The maximum Gasteiger partial charge on any atom is 0.268 e. The number of phenols is 1. The van der Waals surface area contributed by atoms with Gasteiger partial charge in [-0.15, -0.1) is 11.3 Å². The molecule has 1 aromatic heterocycles. The van der Waals surface area contributed by atoms with Crippen LogP contribution in [0.2, 0.25) is 0 Å². The molecule has 8 heteroatoms. The van der Waals surface area contributed by atoms with Crippen molar-refractivity contribution < 1.29 is 14.6 Å². The van der Waals surface area contributed by atoms with Crippen LogP contribution in [0, 0.1) is 11.3 Å². The number of hydrogen-bond donors (Lipinski definition) is 2. The molecule has 1 heterocycles. The van der Waals surface area contributed by atoms with Crippen molar-refractivity contribution in [3.63, 3.8) is 0 Å². The van der Waals surface area contributed by atoms with E-state index in [0.29, 0.717) is 15.2 Å². The standard InChI is InChI=1S/C20H14BrN3O3S/c1-27-17-9-12(8-15(21)18(17)25)7-14(10-22)19(26)24-20-23-16(11-28-20)13-5-3-2-4-6-13/h2-9,11,25H,1H3,(H,23,24,26). The fourth-order valence-electron chi connectivity index (χ4n) is 2.39. The van der Waals surface area contributed by atoms with Gasteiger partial charge >= 0.3 is 0 Å². The van der Waals surface area contributed by atoms with E-state index in [-0.39, 0.29) is 17.1 Å². The fraction of sp³-hybridized carbons (Fsp3) is 0.0500. The lowest BCUT2D eigenvalue weighted by molar-refractivity contribution is -0.112. The first-order valence-corrected chi connectivity index (χ1v) is 9.69. The van der Waals surface area contributed by atoms with Crippen molar-refractivity contribution in [1.82, 2.24) is 4.98 Å². The van der Waals surface area contributed by atoms with Crippen molar-refractivity contribution in [2.45, 2.75) is 0 Å². The molecular weight excluding hydrogens is 442 g/mol. The molecule has 0 atom stereocenters. The number of benzene rings is 2. The number of phenolic OH excluding ortho intramolecular Hbond substituents is 1. The van der Waals surface area contributed by atoms with Crippen molar-refractivity contribution in [1.29, 1.82) is 5.26 Å². The van der Waals surface area contributed by atoms with Crippen molar-refractivity contribution >= 4 is 44.4 Å². The average Bonchev–Trinajstić information content (AvgIpc) is 3.17. The summed E-state index contributed by atoms with van der Waals surface area (Å²) in [6.07, 6.45) is 1.41. The quantitative estimate of drug-likeness (QED) is 0.424. The van der Waals surface area contributed by atoms with Gasteiger partial charge in [0.05, 0.1) is 17.3 Å². The summed E-state index contributed by atoms with van der Waals surface area (Å²) in [7, 11) is 1.42. The number of aromatic hydroxyl groups is 1. The molecule has 140 valence electrons. The molecule has 0 spiro atoms. The zero-order valence-corrected chi connectivity index (χ0v) is 17.0. The number of thiazole rings is 1. The lowest BCUT2D eigenvalue weighted by atomic mass is 10.1. The van der Waals surface area contributed by atoms with Crippen molar-refractivity contribution in [2.24, 2.45) is 0 Å². The Morgan fingerprint density at radius 2 is 2.11 bits per heavy atom. The summed E-state index contributed by atoms with van der Waals surface area (Å²) in [6, 6.07) is 14.6. The third-order valence-corrected chi connectivity index (χ3v) is 5.10. The molecule has 0 bridgehead atoms. The molecule has 0 unspecified atom stereocenters. The van der Waals surface area contributed by atoms with Gasteiger partial charge in [-0.1, -0.05) is 30.3 Å². The van der Waals surface area contributed by atoms with E-state index in [9.17, 15) is 15.2 Å². The molecule has 0 aliphatic heterocycles. The Morgan fingerprint density at radius 3 is 2.79 bits per heavy atom. The van der Waals surface area contributed by atoms with E-state index in [0.717, 1.165) is 11.3 Å². The minimum absolute atomic E-state index is 0.0566. The first-order chi connectivity index (χ1) is 13.5. The number of methoxy groups -OCH3 is 1. The molecule has 0 aliphatic carbocycles. The first kappa shape index (κ1) is 19.6. The Labute approximate surface area is 173 Å². The van der Waals surface area contributed by atoms with E-state index in [1.54, 1.807) is 6.07 Å². The summed E-state index contributed by atoms with van der Waals surface area (Å²) < 4.78 is 5.47. The van der Waals surface area contributed by atoms with E-state index in [2.05, 4.69) is 26.2 Å². The smallest absolute Gasteiger partial charge is 0.268 e. The fourth-order valence-corrected chi connectivity index (χ4v) is 3.56. The van der Waals surface area contributed by atoms with E-state index in [1.807, 2.05) is 41.8 Å². The summed E-state index contributed by atoms with van der Waals surface area (Å²) in [5, 5.41) is 24.1. The summed E-state index contributed by atoms with van der Waals surface area (Å²) in [5.74, 6) is -0.399. The molecule has 3 aromatic rings. The van der Waals surface area contributed by atoms with Crippen LogP contribution in [-0.2, 0) is 4.79 Å². The highest BCUT2D eigenvalue weighted by molar-refractivity contribution is 9.10. The second-order valence-corrected chi connectivity index (χ2v) is 7.29. The number of rotatable bonds is 5. The van der Waals surface area contributed by atoms with Crippen LogP contribution in [0.25, 0.3) is 17.3 Å². The highest BCUT2D eigenvalue weighted by atomic mass is 79.9. The molecule has 2 aromatic carbocycles. The number of amides is 1. The van der Waals surface area contributed by atoms with Crippen LogP contribution in [0.5, 0.6) is 11.5 Å². The predicted octanol–water partition coefficient (Wildman–Crippen LogP) is 4.83. The Kier molecular flexibility index (Phi) is 6.09. The van der Waals surface area contributed by atoms with Gasteiger partial charge in [-0.3, -0.25) is 10.1 Å². The Bertz CT molecular complexity index is 1090. The van der Waals surface area contributed by atoms with Gasteiger partial charge in [0.25, 0.3) is 5.91 Å². The van der Waals surface area contributed by atoms with E-state index < -0.39 is 5.91 Å². The van der Waals surface area contributed by atoms with Crippen LogP contribution >= 0.6 is 27.3 Å². The number of aromatic nitrogens is 1. The molecule has 28 heavy (non-hydrogen) atoms. The summed E-state index contributed by atoms with van der Waals surface area (Å²) in [5.41, 5.74) is 2.11. The Hall–Kier alpha value is -3.15. The van der Waals surface area contributed by atoms with Crippen LogP contribution < -0.4 is 10.1 Å². The normalized spacial score (nSPS) is 11.0. The van der Waals surface area contributed by atoms with Crippen LogP contribution in [0.4, 0.5) is 5.13 Å². The highest BCUT2D eigenvalue weighted by Crippen LogP contribution is 2.35. The van der Waals surface area contributed by atoms with Gasteiger partial charge in [0.2, 0.25) is 0 Å². The lowest BCUT2D eigenvalue weighted by Gasteiger charge is -2.07. The van der Waals surface area contributed by atoms with E-state index >= 15 is 0 Å². The summed E-state index contributed by atoms with van der Waals surface area (Å²) >= 11 is 4.49. The number of nitriles is 1. The van der Waals surface area contributed by atoms with Crippen LogP contribution in [0.1, 0.15) is 5.56 Å². The molecule has 3 rings (SSSR count). The van der Waals surface area contributed by atoms with Gasteiger partial charge < -0.3 is 9.84 Å². The van der Waals surface area contributed by atoms with Crippen molar-refractivity contribution in [3.8, 4) is 28.8 Å². The Balaban J connectivity index is 1.81. The lowest BCUT2D eigenvalue weighted by Crippen LogP contribution is -2.13. The zero-order chi connectivity index (χ0) is 20.1. The molecule has 2 N–H and O–H groups in total. The van der Waals surface area contributed by atoms with E-state index in [1.165, 1.54) is 30.6 Å². The largest absolute Gasteiger partial charge is 0.503 e. The number of hydrogen-bond acceptors (Lipinski definition) is 6. The number of halogens is 1. The second kappa shape index (κ2) is 8.69. The van der Waals surface area contributed by atoms with Crippen LogP contribution in [0.15, 0.2) is 57.9 Å². The van der Waals surface area contributed by atoms with Gasteiger partial charge in [-0.2, -0.15) is 5.26 Å². The molecule has 6 nitrogen and oxygen atoms in total. The first-order valence-electron chi connectivity index (χ1n) is 8.02. The molecule has 0 saturated heterocycles. The van der Waals surface area contributed by atoms with E-state index in [4.69, 9.17) is 4.74 Å². The summed E-state index contributed by atoms with van der Waals surface area (Å²) in [6.45, 7) is 0. The number of ether oxygens (including phenoxy) is 1. The topological polar surface area (TPSA) is 95.2 Å². The van der Waals surface area contributed by atoms with Crippen molar-refractivity contribution in [2.75, 3.05) is 12.4 Å². The van der Waals surface area contributed by atoms with Crippen LogP contribution in [-0.4, -0.2) is 23.1 Å². The van der Waals surface area contributed by atoms with Crippen molar-refractivity contribution in [3.05, 3.63) is 63.5 Å². The third-order valence-electron chi connectivity index (χ3n) is 3.74. The zero-order valence-electron chi connectivity index (χ0n) is 14.6. The number of carbonyl (C=O) groups is 1. The number of nitrogens with one attached hydrogen (secondary N) is 1. The van der Waals surface area contributed by atoms with Gasteiger partial charge in [0.1, 0.15) is 11.6 Å². The third kappa shape index (κ3) is 4.39. The van der Waals surface area contributed by atoms with Gasteiger partial charge in [0, 0.05) is 10.9 Å². The predicted molar refractivity (Wildman–Crippen MR) is 112 cm³/mol. The second-order valence-electron chi connectivity index (χ2n) is 5.58. The minimum Gasteiger partial charge on any atom is -0.503 e. The average molecular weight is 456 g/mol. The SMILES string of the molecule is COc1cc(C=C(C#N)C(=O)Nc2nc(-c3ccccc3)cs2)cc(Br)c1O. The van der Waals surface area contributed by atoms with Gasteiger partial charge in [-0.05, 0) is 39.7 Å². The highest BCUT2D eigenvalue weighted by Gasteiger charge is 2.14. The maximum atomic E-state index is 12.5. The number of carbonyl (C=O) groups excluding carboxylic acids is 1. The Morgan fingerprint density at radius 1 is 1.36 bits per heavy atom. The summed E-state index contributed by atoms with van der Waals surface area (Å²) in [4.78, 5) is 16.9. The number of anilines is 1. The monoisotopic (exact) mass is 455 g/mol. The molecule has 0 fully saturated rings. The van der Waals surface area contributed by atoms with Crippen LogP contribution in [0.3, 0.4) is 0 Å². The molecule has 1 amide bonds. The van der Waals surface area contributed by atoms with Gasteiger partial charge in [0.15, 0.2) is 16.6 Å². The molecule has 0 aliphatic rings. The minimum atomic E-state index is -0.570. The molecule has 0 saturated carbocycles. The number of nitrogens with zero attached hydrogens (tertiary/aromatic N) is 2. The van der Waals surface area contributed by atoms with Gasteiger partial charge in [-0.25, -0.2) is 4.98 Å². The maximum absolute atomic E-state index is 12.5. The molecular formula is C20H14BrN3O3S. The molecule has 0 radical (unpaired) electrons.